The number of hydrogen-bond acceptors (Lipinski definition) is 4. The predicted octanol–water partition coefficient (Wildman–Crippen LogP) is 1.59. The highest BCUT2D eigenvalue weighted by atomic mass is 19.3. The van der Waals surface area contributed by atoms with E-state index in [1.54, 1.807) is 0 Å². The molecule has 0 amide bonds. The first-order valence-electron chi connectivity index (χ1n) is 5.65. The van der Waals surface area contributed by atoms with Crippen LogP contribution in [-0.4, -0.2) is 22.7 Å². The van der Waals surface area contributed by atoms with Gasteiger partial charge in [-0.2, -0.15) is 0 Å². The number of nitrogens with two attached hydrogens (primary N) is 1. The quantitative estimate of drug-likeness (QED) is 0.872. The average Bonchev–Trinajstić information content (AvgIpc) is 2.81. The van der Waals surface area contributed by atoms with Gasteiger partial charge in [-0.05, 0) is 12.8 Å². The molecule has 17 heavy (non-hydrogen) atoms. The van der Waals surface area contributed by atoms with Crippen LogP contribution in [0.4, 0.5) is 8.78 Å². The molecule has 1 fully saturated rings. The Labute approximate surface area is 98.2 Å². The van der Waals surface area contributed by atoms with Crippen LogP contribution in [0.2, 0.25) is 0 Å². The smallest absolute Gasteiger partial charge is 0.280 e. The Bertz CT molecular complexity index is 381. The van der Waals surface area contributed by atoms with Crippen molar-refractivity contribution < 1.29 is 13.5 Å². The van der Waals surface area contributed by atoms with E-state index in [4.69, 9.17) is 10.5 Å². The van der Waals surface area contributed by atoms with Gasteiger partial charge in [-0.1, -0.05) is 0 Å². The van der Waals surface area contributed by atoms with Gasteiger partial charge < -0.3 is 10.5 Å². The second-order valence-electron chi connectivity index (χ2n) is 4.04. The number of ether oxygens (including phenoxy) is 1. The van der Waals surface area contributed by atoms with Crippen LogP contribution in [0.15, 0.2) is 6.20 Å². The van der Waals surface area contributed by atoms with E-state index in [2.05, 4.69) is 9.97 Å². The van der Waals surface area contributed by atoms with Gasteiger partial charge in [-0.3, -0.25) is 0 Å². The summed E-state index contributed by atoms with van der Waals surface area (Å²) in [6, 6.07) is 0. The Balaban J connectivity index is 2.14. The van der Waals surface area contributed by atoms with Gasteiger partial charge in [0.1, 0.15) is 11.5 Å². The SMILES string of the molecule is NCc1cnc(CC2CCCO2)nc1C(F)F. The summed E-state index contributed by atoms with van der Waals surface area (Å²) in [7, 11) is 0. The van der Waals surface area contributed by atoms with E-state index >= 15 is 0 Å². The van der Waals surface area contributed by atoms with Crippen LogP contribution >= 0.6 is 0 Å². The van der Waals surface area contributed by atoms with Crippen molar-refractivity contribution in [2.45, 2.75) is 38.3 Å². The Hall–Kier alpha value is -1.14. The van der Waals surface area contributed by atoms with Gasteiger partial charge in [-0.25, -0.2) is 18.7 Å². The van der Waals surface area contributed by atoms with Crippen molar-refractivity contribution in [3.63, 3.8) is 0 Å². The highest BCUT2D eigenvalue weighted by Crippen LogP contribution is 2.21. The fraction of sp³-hybridized carbons (Fsp3) is 0.636. The first-order valence-corrected chi connectivity index (χ1v) is 5.65. The lowest BCUT2D eigenvalue weighted by Gasteiger charge is -2.11. The fourth-order valence-electron chi connectivity index (χ4n) is 1.91. The zero-order chi connectivity index (χ0) is 12.3. The predicted molar refractivity (Wildman–Crippen MR) is 57.6 cm³/mol. The molecule has 2 rings (SSSR count). The number of aromatic nitrogens is 2. The molecule has 2 heterocycles. The van der Waals surface area contributed by atoms with Crippen molar-refractivity contribution in [3.8, 4) is 0 Å². The van der Waals surface area contributed by atoms with Crippen LogP contribution < -0.4 is 5.73 Å². The maximum Gasteiger partial charge on any atom is 0.280 e. The van der Waals surface area contributed by atoms with E-state index in [-0.39, 0.29) is 18.3 Å². The molecule has 0 aromatic carbocycles. The standard InChI is InChI=1S/C11H15F2N3O/c12-11(13)10-7(5-14)6-15-9(16-10)4-8-2-1-3-17-8/h6,8,11H,1-5,14H2. The molecular weight excluding hydrogens is 228 g/mol. The van der Waals surface area contributed by atoms with Crippen molar-refractivity contribution in [3.05, 3.63) is 23.3 Å². The molecule has 1 aliphatic rings. The molecule has 2 N–H and O–H groups in total. The van der Waals surface area contributed by atoms with E-state index in [0.717, 1.165) is 19.4 Å². The molecule has 0 saturated carbocycles. The van der Waals surface area contributed by atoms with Crippen LogP contribution in [0.5, 0.6) is 0 Å². The Morgan fingerprint density at radius 3 is 2.94 bits per heavy atom. The summed E-state index contributed by atoms with van der Waals surface area (Å²) in [5.74, 6) is 0.407. The van der Waals surface area contributed by atoms with E-state index in [9.17, 15) is 8.78 Å². The van der Waals surface area contributed by atoms with Crippen LogP contribution in [0.3, 0.4) is 0 Å². The molecule has 94 valence electrons. The first-order chi connectivity index (χ1) is 8.20. The molecule has 1 aromatic heterocycles. The van der Waals surface area contributed by atoms with Crippen LogP contribution in [-0.2, 0) is 17.7 Å². The lowest BCUT2D eigenvalue weighted by Crippen LogP contribution is -2.14. The highest BCUT2D eigenvalue weighted by Gasteiger charge is 2.20. The molecule has 4 nitrogen and oxygen atoms in total. The summed E-state index contributed by atoms with van der Waals surface area (Å²) >= 11 is 0. The van der Waals surface area contributed by atoms with Gasteiger partial charge >= 0.3 is 0 Å². The maximum absolute atomic E-state index is 12.7. The summed E-state index contributed by atoms with van der Waals surface area (Å²) < 4.78 is 30.9. The largest absolute Gasteiger partial charge is 0.378 e. The fourth-order valence-corrected chi connectivity index (χ4v) is 1.91. The van der Waals surface area contributed by atoms with Gasteiger partial charge in [0.2, 0.25) is 0 Å². The van der Waals surface area contributed by atoms with E-state index in [1.807, 2.05) is 0 Å². The molecule has 6 heteroatoms. The van der Waals surface area contributed by atoms with Crippen molar-refractivity contribution in [1.29, 1.82) is 0 Å². The summed E-state index contributed by atoms with van der Waals surface area (Å²) in [4.78, 5) is 7.94. The number of nitrogens with zero attached hydrogens (tertiary/aromatic N) is 2. The maximum atomic E-state index is 12.7. The van der Waals surface area contributed by atoms with Gasteiger partial charge in [0.05, 0.1) is 6.10 Å². The van der Waals surface area contributed by atoms with E-state index in [0.29, 0.717) is 17.8 Å². The summed E-state index contributed by atoms with van der Waals surface area (Å²) in [6.45, 7) is 0.757. The number of rotatable bonds is 4. The molecular formula is C11H15F2N3O. The molecule has 0 spiro atoms. The lowest BCUT2D eigenvalue weighted by atomic mass is 10.1. The molecule has 0 bridgehead atoms. The van der Waals surface area contributed by atoms with Gasteiger partial charge in [0.25, 0.3) is 6.43 Å². The van der Waals surface area contributed by atoms with Gasteiger partial charge in [0.15, 0.2) is 0 Å². The van der Waals surface area contributed by atoms with E-state index < -0.39 is 6.43 Å². The average molecular weight is 243 g/mol. The molecule has 1 unspecified atom stereocenters. The van der Waals surface area contributed by atoms with E-state index in [1.165, 1.54) is 6.20 Å². The summed E-state index contributed by atoms with van der Waals surface area (Å²) in [5, 5.41) is 0. The van der Waals surface area contributed by atoms with Crippen LogP contribution in [0, 0.1) is 0 Å². The number of halogens is 2. The topological polar surface area (TPSA) is 61.0 Å². The molecule has 1 aromatic rings. The van der Waals surface area contributed by atoms with Crippen LogP contribution in [0.1, 0.15) is 36.3 Å². The molecule has 1 aliphatic heterocycles. The monoisotopic (exact) mass is 243 g/mol. The zero-order valence-corrected chi connectivity index (χ0v) is 9.40. The molecule has 1 saturated heterocycles. The van der Waals surface area contributed by atoms with Gasteiger partial charge in [-0.15, -0.1) is 0 Å². The number of alkyl halides is 2. The lowest BCUT2D eigenvalue weighted by molar-refractivity contribution is 0.109. The Morgan fingerprint density at radius 1 is 1.53 bits per heavy atom. The Kier molecular flexibility index (Phi) is 3.96. The third-order valence-corrected chi connectivity index (χ3v) is 2.81. The molecule has 1 atom stereocenters. The second-order valence-corrected chi connectivity index (χ2v) is 4.04. The van der Waals surface area contributed by atoms with Crippen molar-refractivity contribution in [1.82, 2.24) is 9.97 Å². The third-order valence-electron chi connectivity index (χ3n) is 2.81. The second kappa shape index (κ2) is 5.46. The normalized spacial score (nSPS) is 20.1. The molecule has 0 radical (unpaired) electrons. The van der Waals surface area contributed by atoms with Gasteiger partial charge in [0, 0.05) is 31.3 Å². The minimum absolute atomic E-state index is 0.0277. The minimum Gasteiger partial charge on any atom is -0.378 e. The Morgan fingerprint density at radius 2 is 2.35 bits per heavy atom. The van der Waals surface area contributed by atoms with Crippen molar-refractivity contribution >= 4 is 0 Å². The van der Waals surface area contributed by atoms with Crippen molar-refractivity contribution in [2.75, 3.05) is 6.61 Å². The number of hydrogen-bond donors (Lipinski definition) is 1. The summed E-state index contributed by atoms with van der Waals surface area (Å²) in [5.41, 5.74) is 5.41. The summed E-state index contributed by atoms with van der Waals surface area (Å²) in [6.07, 6.45) is 1.27. The minimum atomic E-state index is -2.61. The zero-order valence-electron chi connectivity index (χ0n) is 9.40. The van der Waals surface area contributed by atoms with Crippen molar-refractivity contribution in [2.24, 2.45) is 5.73 Å². The first kappa shape index (κ1) is 12.3. The molecule has 0 aliphatic carbocycles. The highest BCUT2D eigenvalue weighted by molar-refractivity contribution is 5.18. The third kappa shape index (κ3) is 2.95. The van der Waals surface area contributed by atoms with Crippen LogP contribution in [0.25, 0.3) is 0 Å².